The monoisotopic (exact) mass is 367 g/mol. The minimum absolute atomic E-state index is 0.151. The molecule has 3 aromatic rings. The molecular weight excluding hydrogens is 346 g/mol. The van der Waals surface area contributed by atoms with Crippen LogP contribution in [-0.4, -0.2) is 16.2 Å². The van der Waals surface area contributed by atoms with Crippen LogP contribution in [-0.2, 0) is 0 Å². The Balaban J connectivity index is 1.65. The molecule has 1 atom stereocenters. The maximum atomic E-state index is 6.23. The SMILES string of the molecule is Clc1cccc([C@@H](NC2CCCCC2)c2nnc(-c3ccccc3)o2)c1. The zero-order valence-electron chi connectivity index (χ0n) is 14.6. The first kappa shape index (κ1) is 17.3. The molecule has 1 saturated carbocycles. The van der Waals surface area contributed by atoms with Crippen molar-refractivity contribution in [2.24, 2.45) is 0 Å². The Hall–Kier alpha value is -2.17. The predicted octanol–water partition coefficient (Wildman–Crippen LogP) is 5.40. The molecule has 0 unspecified atom stereocenters. The van der Waals surface area contributed by atoms with Crippen LogP contribution >= 0.6 is 11.6 Å². The van der Waals surface area contributed by atoms with E-state index in [1.165, 1.54) is 32.1 Å². The fraction of sp³-hybridized carbons (Fsp3) is 0.333. The van der Waals surface area contributed by atoms with Crippen molar-refractivity contribution in [3.8, 4) is 11.5 Å². The van der Waals surface area contributed by atoms with Crippen molar-refractivity contribution in [2.75, 3.05) is 0 Å². The van der Waals surface area contributed by atoms with Crippen LogP contribution in [0.15, 0.2) is 59.0 Å². The molecule has 1 fully saturated rings. The number of hydrogen-bond acceptors (Lipinski definition) is 4. The summed E-state index contributed by atoms with van der Waals surface area (Å²) in [6.45, 7) is 0. The molecule has 1 heterocycles. The molecule has 2 aromatic carbocycles. The van der Waals surface area contributed by atoms with Gasteiger partial charge < -0.3 is 4.42 Å². The fourth-order valence-electron chi connectivity index (χ4n) is 3.55. The van der Waals surface area contributed by atoms with Gasteiger partial charge in [-0.2, -0.15) is 0 Å². The second-order valence-corrected chi connectivity index (χ2v) is 7.24. The summed E-state index contributed by atoms with van der Waals surface area (Å²) in [6.07, 6.45) is 6.20. The number of benzene rings is 2. The first-order valence-corrected chi connectivity index (χ1v) is 9.58. The van der Waals surface area contributed by atoms with Crippen molar-refractivity contribution >= 4 is 11.6 Å². The van der Waals surface area contributed by atoms with Crippen molar-refractivity contribution in [2.45, 2.75) is 44.2 Å². The van der Waals surface area contributed by atoms with Gasteiger partial charge in [-0.15, -0.1) is 10.2 Å². The number of nitrogens with zero attached hydrogens (tertiary/aromatic N) is 2. The molecule has 0 spiro atoms. The Kier molecular flexibility index (Phi) is 5.32. The summed E-state index contributed by atoms with van der Waals surface area (Å²) in [6, 6.07) is 18.0. The molecule has 26 heavy (non-hydrogen) atoms. The molecule has 0 aliphatic heterocycles. The van der Waals surface area contributed by atoms with E-state index >= 15 is 0 Å². The van der Waals surface area contributed by atoms with Gasteiger partial charge in [0.1, 0.15) is 6.04 Å². The minimum atomic E-state index is -0.151. The standard InChI is InChI=1S/C21H22ClN3O/c22-17-11-7-10-16(14-17)19(23-18-12-5-2-6-13-18)21-25-24-20(26-21)15-8-3-1-4-9-15/h1,3-4,7-11,14,18-19,23H,2,5-6,12-13H2/t19-/m1/s1. The van der Waals surface area contributed by atoms with Crippen LogP contribution in [0.4, 0.5) is 0 Å². The van der Waals surface area contributed by atoms with E-state index in [0.29, 0.717) is 22.8 Å². The van der Waals surface area contributed by atoms with Crippen molar-refractivity contribution in [1.82, 2.24) is 15.5 Å². The highest BCUT2D eigenvalue weighted by Crippen LogP contribution is 2.29. The van der Waals surface area contributed by atoms with Gasteiger partial charge in [-0.3, -0.25) is 5.32 Å². The van der Waals surface area contributed by atoms with Crippen molar-refractivity contribution < 1.29 is 4.42 Å². The van der Waals surface area contributed by atoms with E-state index in [2.05, 4.69) is 21.6 Å². The molecule has 5 heteroatoms. The lowest BCUT2D eigenvalue weighted by Crippen LogP contribution is -2.35. The maximum Gasteiger partial charge on any atom is 0.247 e. The number of halogens is 1. The van der Waals surface area contributed by atoms with E-state index in [-0.39, 0.29) is 6.04 Å². The number of hydrogen-bond donors (Lipinski definition) is 1. The second kappa shape index (κ2) is 8.02. The van der Waals surface area contributed by atoms with Crippen LogP contribution < -0.4 is 5.32 Å². The Bertz CT molecular complexity index is 843. The Morgan fingerprint density at radius 3 is 2.54 bits per heavy atom. The van der Waals surface area contributed by atoms with Gasteiger partial charge in [0.2, 0.25) is 11.8 Å². The average molecular weight is 368 g/mol. The molecule has 0 radical (unpaired) electrons. The highest BCUT2D eigenvalue weighted by atomic mass is 35.5. The minimum Gasteiger partial charge on any atom is -0.419 e. The molecule has 1 aromatic heterocycles. The van der Waals surface area contributed by atoms with Crippen LogP contribution in [0.5, 0.6) is 0 Å². The molecule has 1 N–H and O–H groups in total. The smallest absolute Gasteiger partial charge is 0.247 e. The Morgan fingerprint density at radius 2 is 1.77 bits per heavy atom. The van der Waals surface area contributed by atoms with Crippen molar-refractivity contribution in [3.05, 3.63) is 71.1 Å². The lowest BCUT2D eigenvalue weighted by atomic mass is 9.94. The lowest BCUT2D eigenvalue weighted by molar-refractivity contribution is 0.329. The summed E-state index contributed by atoms with van der Waals surface area (Å²) < 4.78 is 6.04. The van der Waals surface area contributed by atoms with E-state index in [0.717, 1.165) is 11.1 Å². The van der Waals surface area contributed by atoms with Gasteiger partial charge in [0.15, 0.2) is 0 Å². The number of rotatable bonds is 5. The quantitative estimate of drug-likeness (QED) is 0.655. The van der Waals surface area contributed by atoms with Gasteiger partial charge >= 0.3 is 0 Å². The first-order valence-electron chi connectivity index (χ1n) is 9.20. The van der Waals surface area contributed by atoms with Crippen molar-refractivity contribution in [3.63, 3.8) is 0 Å². The van der Waals surface area contributed by atoms with E-state index in [1.54, 1.807) is 0 Å². The van der Waals surface area contributed by atoms with E-state index < -0.39 is 0 Å². The third-order valence-corrected chi connectivity index (χ3v) is 5.13. The number of aromatic nitrogens is 2. The molecular formula is C21H22ClN3O. The van der Waals surface area contributed by atoms with Crippen LogP contribution in [0.3, 0.4) is 0 Å². The molecule has 0 amide bonds. The largest absolute Gasteiger partial charge is 0.419 e. The van der Waals surface area contributed by atoms with Gasteiger partial charge in [0.05, 0.1) is 0 Å². The molecule has 1 aliphatic rings. The molecule has 0 bridgehead atoms. The predicted molar refractivity (Wildman–Crippen MR) is 103 cm³/mol. The van der Waals surface area contributed by atoms with Crippen LogP contribution in [0.25, 0.3) is 11.5 Å². The molecule has 4 rings (SSSR count). The van der Waals surface area contributed by atoms with Crippen LogP contribution in [0.2, 0.25) is 5.02 Å². The molecule has 4 nitrogen and oxygen atoms in total. The van der Waals surface area contributed by atoms with Gasteiger partial charge in [0, 0.05) is 16.6 Å². The average Bonchev–Trinajstić information content (AvgIpc) is 3.17. The molecule has 1 aliphatic carbocycles. The number of nitrogens with one attached hydrogen (secondary N) is 1. The summed E-state index contributed by atoms with van der Waals surface area (Å²) in [7, 11) is 0. The summed E-state index contributed by atoms with van der Waals surface area (Å²) in [5.41, 5.74) is 1.97. The zero-order valence-corrected chi connectivity index (χ0v) is 15.3. The summed E-state index contributed by atoms with van der Waals surface area (Å²) in [5.74, 6) is 1.12. The van der Waals surface area contributed by atoms with Gasteiger partial charge in [0.25, 0.3) is 0 Å². The van der Waals surface area contributed by atoms with Gasteiger partial charge in [-0.25, -0.2) is 0 Å². The highest BCUT2D eigenvalue weighted by molar-refractivity contribution is 6.30. The Morgan fingerprint density at radius 1 is 0.962 bits per heavy atom. The molecule has 134 valence electrons. The topological polar surface area (TPSA) is 51.0 Å². The van der Waals surface area contributed by atoms with Crippen LogP contribution in [0, 0.1) is 0 Å². The third kappa shape index (κ3) is 3.97. The summed E-state index contributed by atoms with van der Waals surface area (Å²) in [5, 5.41) is 13.0. The van der Waals surface area contributed by atoms with Crippen molar-refractivity contribution in [1.29, 1.82) is 0 Å². The third-order valence-electron chi connectivity index (χ3n) is 4.90. The Labute approximate surface area is 158 Å². The zero-order chi connectivity index (χ0) is 17.8. The molecule has 0 saturated heterocycles. The summed E-state index contributed by atoms with van der Waals surface area (Å²) in [4.78, 5) is 0. The fourth-order valence-corrected chi connectivity index (χ4v) is 3.75. The second-order valence-electron chi connectivity index (χ2n) is 6.80. The normalized spacial score (nSPS) is 16.5. The lowest BCUT2D eigenvalue weighted by Gasteiger charge is -2.27. The maximum absolute atomic E-state index is 6.23. The van der Waals surface area contributed by atoms with E-state index in [1.807, 2.05) is 48.5 Å². The highest BCUT2D eigenvalue weighted by Gasteiger charge is 2.25. The van der Waals surface area contributed by atoms with E-state index in [4.69, 9.17) is 16.0 Å². The van der Waals surface area contributed by atoms with Gasteiger partial charge in [-0.05, 0) is 42.7 Å². The van der Waals surface area contributed by atoms with E-state index in [9.17, 15) is 0 Å². The van der Waals surface area contributed by atoms with Gasteiger partial charge in [-0.1, -0.05) is 61.2 Å². The van der Waals surface area contributed by atoms with Crippen LogP contribution in [0.1, 0.15) is 49.6 Å². The first-order chi connectivity index (χ1) is 12.8. The summed E-state index contributed by atoms with van der Waals surface area (Å²) >= 11 is 6.23.